The molecule has 2 rings (SSSR count). The van der Waals surface area contributed by atoms with Crippen LogP contribution in [0.4, 0.5) is 13.2 Å². The van der Waals surface area contributed by atoms with Crippen LogP contribution in [0, 0.1) is 11.8 Å². The highest BCUT2D eigenvalue weighted by molar-refractivity contribution is 14.0. The lowest BCUT2D eigenvalue weighted by Crippen LogP contribution is -2.47. The Labute approximate surface area is 176 Å². The predicted molar refractivity (Wildman–Crippen MR) is 110 cm³/mol. The van der Waals surface area contributed by atoms with Crippen LogP contribution in [0.1, 0.15) is 19.3 Å². The quantitative estimate of drug-likeness (QED) is 0.320. The van der Waals surface area contributed by atoms with Gasteiger partial charge in [0, 0.05) is 39.8 Å². The fraction of sp³-hybridized carbons (Fsp3) is 0.933. The maximum Gasteiger partial charge on any atom is 0.511 e. The van der Waals surface area contributed by atoms with Crippen molar-refractivity contribution < 1.29 is 21.6 Å². The highest BCUT2D eigenvalue weighted by atomic mass is 127. The summed E-state index contributed by atoms with van der Waals surface area (Å²) in [7, 11) is -1.44. The second-order valence-corrected chi connectivity index (χ2v) is 8.97. The molecule has 0 radical (unpaired) electrons. The molecule has 1 atom stereocenters. The summed E-state index contributed by atoms with van der Waals surface area (Å²) >= 11 is 0. The smallest absolute Gasteiger partial charge is 0.356 e. The summed E-state index contributed by atoms with van der Waals surface area (Å²) in [6.45, 7) is 3.33. The van der Waals surface area contributed by atoms with Crippen LogP contribution in [-0.4, -0.2) is 82.5 Å². The zero-order valence-electron chi connectivity index (χ0n) is 15.6. The Morgan fingerprint density at radius 1 is 1.07 bits per heavy atom. The number of nitrogens with zero attached hydrogens (tertiary/aromatic N) is 3. The highest BCUT2D eigenvalue weighted by Crippen LogP contribution is 2.30. The molecular weight excluding hydrogens is 498 g/mol. The van der Waals surface area contributed by atoms with Crippen molar-refractivity contribution in [1.29, 1.82) is 0 Å². The molecule has 0 amide bonds. The van der Waals surface area contributed by atoms with E-state index in [0.717, 1.165) is 26.1 Å². The van der Waals surface area contributed by atoms with Crippen molar-refractivity contribution in [3.05, 3.63) is 0 Å². The van der Waals surface area contributed by atoms with Crippen molar-refractivity contribution in [3.8, 4) is 0 Å². The molecule has 12 heteroatoms. The molecule has 2 heterocycles. The number of likely N-dealkylation sites (tertiary alicyclic amines) is 1. The third-order valence-corrected chi connectivity index (χ3v) is 6.66. The molecule has 27 heavy (non-hydrogen) atoms. The van der Waals surface area contributed by atoms with Gasteiger partial charge in [-0.25, -0.2) is 8.42 Å². The van der Waals surface area contributed by atoms with Gasteiger partial charge < -0.3 is 15.5 Å². The van der Waals surface area contributed by atoms with E-state index in [0.29, 0.717) is 35.6 Å². The van der Waals surface area contributed by atoms with E-state index in [4.69, 9.17) is 0 Å². The minimum Gasteiger partial charge on any atom is -0.356 e. The molecule has 2 saturated heterocycles. The van der Waals surface area contributed by atoms with E-state index in [2.05, 4.69) is 27.6 Å². The lowest BCUT2D eigenvalue weighted by Gasteiger charge is -2.31. The van der Waals surface area contributed by atoms with Gasteiger partial charge in [-0.1, -0.05) is 0 Å². The lowest BCUT2D eigenvalue weighted by molar-refractivity contribution is -0.0496. The number of guanidine groups is 1. The lowest BCUT2D eigenvalue weighted by atomic mass is 9.98. The topological polar surface area (TPSA) is 77.0 Å². The molecule has 0 aromatic rings. The van der Waals surface area contributed by atoms with Crippen molar-refractivity contribution in [3.63, 3.8) is 0 Å². The predicted octanol–water partition coefficient (Wildman–Crippen LogP) is 1.28. The summed E-state index contributed by atoms with van der Waals surface area (Å²) in [6, 6.07) is 0. The van der Waals surface area contributed by atoms with E-state index in [-0.39, 0.29) is 43.0 Å². The summed E-state index contributed by atoms with van der Waals surface area (Å²) in [5.41, 5.74) is -5.22. The Morgan fingerprint density at radius 3 is 2.04 bits per heavy atom. The van der Waals surface area contributed by atoms with E-state index < -0.39 is 15.5 Å². The average molecular weight is 527 g/mol. The third kappa shape index (κ3) is 6.89. The van der Waals surface area contributed by atoms with Gasteiger partial charge in [0.05, 0.1) is 0 Å². The monoisotopic (exact) mass is 527 g/mol. The van der Waals surface area contributed by atoms with Crippen molar-refractivity contribution >= 4 is 40.0 Å². The number of rotatable bonds is 5. The molecule has 0 aliphatic carbocycles. The van der Waals surface area contributed by atoms with Crippen LogP contribution >= 0.6 is 24.0 Å². The molecule has 0 saturated carbocycles. The number of nitrogens with one attached hydrogen (secondary N) is 2. The second-order valence-electron chi connectivity index (χ2n) is 7.04. The Morgan fingerprint density at radius 2 is 1.59 bits per heavy atom. The summed E-state index contributed by atoms with van der Waals surface area (Å²) in [4.78, 5) is 6.45. The zero-order chi connectivity index (χ0) is 19.4. The van der Waals surface area contributed by atoms with E-state index in [1.807, 2.05) is 0 Å². The number of alkyl halides is 3. The largest absolute Gasteiger partial charge is 0.511 e. The molecule has 2 fully saturated rings. The first kappa shape index (κ1) is 24.7. The van der Waals surface area contributed by atoms with Crippen LogP contribution in [0.3, 0.4) is 0 Å². The van der Waals surface area contributed by atoms with Crippen LogP contribution < -0.4 is 10.6 Å². The minimum atomic E-state index is -5.22. The molecule has 0 bridgehead atoms. The van der Waals surface area contributed by atoms with E-state index in [9.17, 15) is 21.6 Å². The Kier molecular flexibility index (Phi) is 9.55. The Bertz CT molecular complexity index is 595. The van der Waals surface area contributed by atoms with Gasteiger partial charge in [0.25, 0.3) is 0 Å². The van der Waals surface area contributed by atoms with E-state index >= 15 is 0 Å². The molecular formula is C15H29F3IN5O2S. The van der Waals surface area contributed by atoms with Crippen LogP contribution in [-0.2, 0) is 10.0 Å². The van der Waals surface area contributed by atoms with Crippen molar-refractivity contribution in [1.82, 2.24) is 19.8 Å². The fourth-order valence-electron chi connectivity index (χ4n) is 3.40. The molecule has 2 N–H and O–H groups in total. The van der Waals surface area contributed by atoms with Crippen LogP contribution in [0.5, 0.6) is 0 Å². The standard InChI is InChI=1S/C15H28F3N5O2S.HI/c1-19-14(21-10-13-3-6-22(2)11-13)20-9-12-4-7-23(8-5-12)26(24,25)15(16,17)18;/h12-13H,3-11H2,1-2H3,(H2,19,20,21);1H. The molecule has 7 nitrogen and oxygen atoms in total. The summed E-state index contributed by atoms with van der Waals surface area (Å²) in [5, 5.41) is 6.47. The number of aliphatic imine (C=N–C) groups is 1. The minimum absolute atomic E-state index is 0. The third-order valence-electron chi connectivity index (χ3n) is 5.03. The van der Waals surface area contributed by atoms with Gasteiger partial charge in [-0.3, -0.25) is 4.99 Å². The van der Waals surface area contributed by atoms with Gasteiger partial charge in [0.2, 0.25) is 0 Å². The van der Waals surface area contributed by atoms with Crippen molar-refractivity contribution in [2.45, 2.75) is 24.8 Å². The van der Waals surface area contributed by atoms with Gasteiger partial charge in [-0.15, -0.1) is 24.0 Å². The summed E-state index contributed by atoms with van der Waals surface area (Å²) < 4.78 is 61.1. The first-order chi connectivity index (χ1) is 12.1. The molecule has 0 spiro atoms. The molecule has 0 aromatic carbocycles. The van der Waals surface area contributed by atoms with Gasteiger partial charge in [0.1, 0.15) is 0 Å². The Hall–Kier alpha value is -0.340. The zero-order valence-corrected chi connectivity index (χ0v) is 18.8. The molecule has 1 unspecified atom stereocenters. The SMILES string of the molecule is CN=C(NCC1CCN(S(=O)(=O)C(F)(F)F)CC1)NCC1CCN(C)C1.I. The number of halogens is 4. The molecule has 0 aromatic heterocycles. The first-order valence-corrected chi connectivity index (χ1v) is 10.3. The average Bonchev–Trinajstić information content (AvgIpc) is 3.00. The van der Waals surface area contributed by atoms with Gasteiger partial charge in [-0.05, 0) is 44.7 Å². The van der Waals surface area contributed by atoms with Gasteiger partial charge in [-0.2, -0.15) is 17.5 Å². The maximum absolute atomic E-state index is 12.6. The van der Waals surface area contributed by atoms with Crippen LogP contribution in [0.2, 0.25) is 0 Å². The Balaban J connectivity index is 0.00000364. The summed E-state index contributed by atoms with van der Waals surface area (Å²) in [6.07, 6.45) is 1.94. The second kappa shape index (κ2) is 10.4. The number of hydrogen-bond donors (Lipinski definition) is 2. The van der Waals surface area contributed by atoms with Crippen molar-refractivity contribution in [2.75, 3.05) is 53.4 Å². The first-order valence-electron chi connectivity index (χ1n) is 8.83. The number of hydrogen-bond acceptors (Lipinski definition) is 4. The van der Waals surface area contributed by atoms with Crippen molar-refractivity contribution in [2.24, 2.45) is 16.8 Å². The van der Waals surface area contributed by atoms with E-state index in [1.165, 1.54) is 0 Å². The normalized spacial score (nSPS) is 23.9. The summed E-state index contributed by atoms with van der Waals surface area (Å²) in [5.74, 6) is 1.37. The van der Waals surface area contributed by atoms with Gasteiger partial charge >= 0.3 is 15.5 Å². The van der Waals surface area contributed by atoms with Crippen LogP contribution in [0.25, 0.3) is 0 Å². The fourth-order valence-corrected chi connectivity index (χ4v) is 4.38. The van der Waals surface area contributed by atoms with Crippen LogP contribution in [0.15, 0.2) is 4.99 Å². The van der Waals surface area contributed by atoms with E-state index in [1.54, 1.807) is 7.05 Å². The number of piperidine rings is 1. The van der Waals surface area contributed by atoms with Gasteiger partial charge in [0.15, 0.2) is 5.96 Å². The molecule has 160 valence electrons. The molecule has 2 aliphatic heterocycles. The maximum atomic E-state index is 12.6. The number of sulfonamides is 1. The molecule has 2 aliphatic rings. The highest BCUT2D eigenvalue weighted by Gasteiger charge is 2.50.